The fraction of sp³-hybridized carbons (Fsp3) is 0.517. The zero-order valence-electron chi connectivity index (χ0n) is 24.2. The van der Waals surface area contributed by atoms with Gasteiger partial charge in [-0.15, -0.1) is 4.31 Å². The summed E-state index contributed by atoms with van der Waals surface area (Å²) in [5.41, 5.74) is 3.31. The molecule has 216 valence electrons. The number of hydrogen-bond donors (Lipinski definition) is 0. The summed E-state index contributed by atoms with van der Waals surface area (Å²) >= 11 is 3.63. The molecule has 0 heterocycles. The number of sulfonamides is 1. The Balaban J connectivity index is 1.61. The van der Waals surface area contributed by atoms with Gasteiger partial charge in [0, 0.05) is 39.2 Å². The first kappa shape index (κ1) is 32.2. The van der Waals surface area contributed by atoms with Crippen LogP contribution in [0.15, 0.2) is 52.3 Å². The van der Waals surface area contributed by atoms with Crippen molar-refractivity contribution in [3.8, 4) is 5.75 Å². The van der Waals surface area contributed by atoms with E-state index in [1.165, 1.54) is 20.8 Å². The Hall–Kier alpha value is -1.28. The maximum atomic E-state index is 13.2. The van der Waals surface area contributed by atoms with Gasteiger partial charge in [-0.2, -0.15) is 0 Å². The Labute approximate surface area is 245 Å². The fourth-order valence-corrected chi connectivity index (χ4v) is 7.08. The first-order valence-corrected chi connectivity index (χ1v) is 23.3. The summed E-state index contributed by atoms with van der Waals surface area (Å²) in [6.07, 6.45) is 3.56. The molecule has 0 fully saturated rings. The molecule has 0 aromatic heterocycles. The smallest absolute Gasteiger partial charge is 0.240 e. The van der Waals surface area contributed by atoms with Crippen molar-refractivity contribution in [3.05, 3.63) is 69.0 Å². The zero-order valence-corrected chi connectivity index (χ0v) is 28.6. The van der Waals surface area contributed by atoms with Gasteiger partial charge in [0.15, 0.2) is 0 Å². The minimum Gasteiger partial charge on any atom is -0.486 e. The lowest BCUT2D eigenvalue weighted by molar-refractivity contribution is 0.00888. The van der Waals surface area contributed by atoms with Crippen LogP contribution >= 0.6 is 15.9 Å². The molecule has 3 rings (SSSR count). The van der Waals surface area contributed by atoms with E-state index in [2.05, 4.69) is 67.3 Å². The van der Waals surface area contributed by atoms with Gasteiger partial charge in [0.1, 0.15) is 25.3 Å². The minimum atomic E-state index is -3.73. The lowest BCUT2D eigenvalue weighted by atomic mass is 10.1. The molecule has 0 amide bonds. The summed E-state index contributed by atoms with van der Waals surface area (Å²) in [6, 6.07) is 15.7. The Bertz CT molecular complexity index is 1190. The van der Waals surface area contributed by atoms with Crippen molar-refractivity contribution in [2.24, 2.45) is 0 Å². The van der Waals surface area contributed by atoms with Gasteiger partial charge in [0.2, 0.25) is 10.0 Å². The number of benzene rings is 2. The molecule has 0 N–H and O–H groups in total. The van der Waals surface area contributed by atoms with Gasteiger partial charge in [-0.05, 0) is 65.9 Å². The molecule has 1 aliphatic carbocycles. The van der Waals surface area contributed by atoms with E-state index in [9.17, 15) is 8.42 Å². The third-order valence-electron chi connectivity index (χ3n) is 6.57. The van der Waals surface area contributed by atoms with Gasteiger partial charge in [-0.25, -0.2) is 8.42 Å². The van der Waals surface area contributed by atoms with E-state index < -0.39 is 26.2 Å². The van der Waals surface area contributed by atoms with E-state index in [0.29, 0.717) is 13.2 Å². The van der Waals surface area contributed by atoms with Gasteiger partial charge >= 0.3 is 0 Å². The second-order valence-corrected chi connectivity index (χ2v) is 26.4. The first-order chi connectivity index (χ1) is 18.2. The normalized spacial score (nSPS) is 16.3. The SMILES string of the molecule is C[Si](C)(C)CCOCN(COCC[Si](C)(C)C)S(=O)(=O)/C=C/c1ccc(O[C@@H]2CCc3c(Br)cccc32)cc1. The highest BCUT2D eigenvalue weighted by molar-refractivity contribution is 9.10. The number of nitrogens with zero attached hydrogens (tertiary/aromatic N) is 1. The highest BCUT2D eigenvalue weighted by Crippen LogP contribution is 2.38. The highest BCUT2D eigenvalue weighted by atomic mass is 79.9. The van der Waals surface area contributed by atoms with Crippen LogP contribution in [0.1, 0.15) is 29.2 Å². The van der Waals surface area contributed by atoms with Crippen LogP contribution in [0.25, 0.3) is 6.08 Å². The molecule has 10 heteroatoms. The topological polar surface area (TPSA) is 65.1 Å². The number of ether oxygens (including phenoxy) is 3. The molecule has 2 aromatic rings. The van der Waals surface area contributed by atoms with Crippen LogP contribution in [0.5, 0.6) is 5.75 Å². The van der Waals surface area contributed by atoms with Crippen LogP contribution in [0.3, 0.4) is 0 Å². The number of halogens is 1. The van der Waals surface area contributed by atoms with Crippen molar-refractivity contribution < 1.29 is 22.6 Å². The summed E-state index contributed by atoms with van der Waals surface area (Å²) in [4.78, 5) is 0. The van der Waals surface area contributed by atoms with Gasteiger partial charge in [0.25, 0.3) is 0 Å². The molecule has 0 saturated carbocycles. The van der Waals surface area contributed by atoms with Crippen LogP contribution in [-0.4, -0.2) is 55.5 Å². The van der Waals surface area contributed by atoms with Crippen LogP contribution < -0.4 is 4.74 Å². The molecule has 0 unspecified atom stereocenters. The molecule has 1 aliphatic rings. The van der Waals surface area contributed by atoms with E-state index in [0.717, 1.165) is 40.7 Å². The number of hydrogen-bond acceptors (Lipinski definition) is 5. The highest BCUT2D eigenvalue weighted by Gasteiger charge is 2.26. The predicted molar refractivity (Wildman–Crippen MR) is 170 cm³/mol. The fourth-order valence-electron chi connectivity index (χ4n) is 4.04. The van der Waals surface area contributed by atoms with Crippen molar-refractivity contribution in [1.29, 1.82) is 0 Å². The van der Waals surface area contributed by atoms with Crippen molar-refractivity contribution in [1.82, 2.24) is 4.31 Å². The lowest BCUT2D eigenvalue weighted by Gasteiger charge is -2.23. The third-order valence-corrected chi connectivity index (χ3v) is 12.1. The van der Waals surface area contributed by atoms with Gasteiger partial charge in [-0.3, -0.25) is 0 Å². The molecule has 2 aromatic carbocycles. The summed E-state index contributed by atoms with van der Waals surface area (Å²) in [7, 11) is -6.27. The van der Waals surface area contributed by atoms with Crippen LogP contribution in [0, 0.1) is 0 Å². The van der Waals surface area contributed by atoms with Gasteiger partial charge < -0.3 is 14.2 Å². The summed E-state index contributed by atoms with van der Waals surface area (Å²) in [5, 5.41) is 1.23. The monoisotopic (exact) mass is 653 g/mol. The Morgan fingerprint density at radius 1 is 0.923 bits per heavy atom. The molecular weight excluding hydrogens is 610 g/mol. The average molecular weight is 655 g/mol. The van der Waals surface area contributed by atoms with E-state index in [4.69, 9.17) is 14.2 Å². The lowest BCUT2D eigenvalue weighted by Crippen LogP contribution is -2.35. The molecule has 0 radical (unpaired) electrons. The van der Waals surface area contributed by atoms with Crippen LogP contribution in [-0.2, 0) is 25.9 Å². The minimum absolute atomic E-state index is 0.0180. The standard InChI is InChI=1S/C29H44BrNO5SSi2/c1-38(2,3)20-17-34-22-31(23-35-18-21-39(4,5)6)37(32,33)19-16-24-10-12-25(13-11-24)36-29-15-14-26-27(29)8-7-9-28(26)30/h7-13,16,19,29H,14-15,17-18,20-23H2,1-6H3/b19-16+/t29-/m1/s1. The van der Waals surface area contributed by atoms with E-state index in [-0.39, 0.29) is 19.6 Å². The summed E-state index contributed by atoms with van der Waals surface area (Å²) in [6.45, 7) is 14.7. The second kappa shape index (κ2) is 14.1. The quantitative estimate of drug-likeness (QED) is 0.112. The van der Waals surface area contributed by atoms with Crippen molar-refractivity contribution in [3.63, 3.8) is 0 Å². The predicted octanol–water partition coefficient (Wildman–Crippen LogP) is 7.74. The molecular formula is C29H44BrNO5SSi2. The van der Waals surface area contributed by atoms with E-state index in [1.807, 2.05) is 30.3 Å². The van der Waals surface area contributed by atoms with Crippen molar-refractivity contribution in [2.75, 3.05) is 26.7 Å². The molecule has 0 bridgehead atoms. The van der Waals surface area contributed by atoms with Gasteiger partial charge in [-0.1, -0.05) is 79.5 Å². The molecule has 0 aliphatic heterocycles. The second-order valence-electron chi connectivity index (χ2n) is 12.5. The number of fused-ring (bicyclic) bond motifs is 1. The van der Waals surface area contributed by atoms with E-state index in [1.54, 1.807) is 6.08 Å². The molecule has 6 nitrogen and oxygen atoms in total. The van der Waals surface area contributed by atoms with Crippen LogP contribution in [0.2, 0.25) is 51.4 Å². The van der Waals surface area contributed by atoms with Gasteiger partial charge in [0.05, 0.1) is 0 Å². The Kier molecular flexibility index (Phi) is 11.6. The summed E-state index contributed by atoms with van der Waals surface area (Å²) in [5.74, 6) is 0.765. The first-order valence-electron chi connectivity index (χ1n) is 13.6. The molecule has 1 atom stereocenters. The Morgan fingerprint density at radius 2 is 1.51 bits per heavy atom. The average Bonchev–Trinajstić information content (AvgIpc) is 3.25. The number of rotatable bonds is 15. The Morgan fingerprint density at radius 3 is 2.08 bits per heavy atom. The zero-order chi connectivity index (χ0) is 28.7. The third kappa shape index (κ3) is 10.9. The maximum Gasteiger partial charge on any atom is 0.240 e. The maximum absolute atomic E-state index is 13.2. The van der Waals surface area contributed by atoms with Crippen molar-refractivity contribution >= 4 is 48.2 Å². The largest absolute Gasteiger partial charge is 0.486 e. The van der Waals surface area contributed by atoms with Crippen LogP contribution in [0.4, 0.5) is 0 Å². The summed E-state index contributed by atoms with van der Waals surface area (Å²) < 4.78 is 46.6. The molecule has 0 spiro atoms. The van der Waals surface area contributed by atoms with Crippen molar-refractivity contribution in [2.45, 2.75) is 70.3 Å². The molecule has 0 saturated heterocycles. The van der Waals surface area contributed by atoms with E-state index >= 15 is 0 Å². The molecule has 39 heavy (non-hydrogen) atoms.